The molecule has 6 nitrogen and oxygen atoms in total. The summed E-state index contributed by atoms with van der Waals surface area (Å²) in [4.78, 5) is 38.8. The Morgan fingerprint density at radius 3 is 2.62 bits per heavy atom. The molecule has 3 aromatic rings. The number of ether oxygens (including phenoxy) is 2. The molecule has 2 aromatic carbocycles. The largest absolute Gasteiger partial charge is 0.462 e. The number of benzene rings is 2. The number of hydrogen-bond acceptors (Lipinski definition) is 6. The van der Waals surface area contributed by atoms with Gasteiger partial charge in [-0.15, -0.1) is 11.3 Å². The van der Waals surface area contributed by atoms with Gasteiger partial charge in [0.2, 0.25) is 0 Å². The summed E-state index contributed by atoms with van der Waals surface area (Å²) >= 11 is 1.34. The van der Waals surface area contributed by atoms with Crippen molar-refractivity contribution in [3.05, 3.63) is 86.8 Å². The van der Waals surface area contributed by atoms with E-state index < -0.39 is 18.0 Å². The van der Waals surface area contributed by atoms with Crippen molar-refractivity contribution in [1.29, 1.82) is 0 Å². The Morgan fingerprint density at radius 1 is 1.16 bits per heavy atom. The van der Waals surface area contributed by atoms with E-state index in [9.17, 15) is 14.4 Å². The predicted octanol–water partition coefficient (Wildman–Crippen LogP) is 5.25. The molecule has 1 N–H and O–H groups in total. The monoisotopic (exact) mass is 449 g/mol. The highest BCUT2D eigenvalue weighted by Crippen LogP contribution is 2.34. The Balaban J connectivity index is 1.60. The molecule has 0 bridgehead atoms. The van der Waals surface area contributed by atoms with Gasteiger partial charge in [-0.25, -0.2) is 9.59 Å². The second kappa shape index (κ2) is 8.96. The first-order chi connectivity index (χ1) is 15.4. The van der Waals surface area contributed by atoms with Crippen molar-refractivity contribution in [2.75, 3.05) is 11.9 Å². The molecule has 0 saturated carbocycles. The number of rotatable bonds is 5. The third kappa shape index (κ3) is 4.16. The molecule has 1 amide bonds. The summed E-state index contributed by atoms with van der Waals surface area (Å²) in [6.45, 7) is 5.73. The van der Waals surface area contributed by atoms with Gasteiger partial charge in [-0.05, 0) is 55.7 Å². The van der Waals surface area contributed by atoms with Gasteiger partial charge in [0.05, 0.1) is 17.7 Å². The third-order valence-corrected chi connectivity index (χ3v) is 6.63. The van der Waals surface area contributed by atoms with E-state index in [0.29, 0.717) is 28.1 Å². The smallest absolute Gasteiger partial charge is 0.341 e. The Kier molecular flexibility index (Phi) is 6.10. The first-order valence-electron chi connectivity index (χ1n) is 10.4. The Morgan fingerprint density at radius 2 is 1.91 bits per heavy atom. The number of carbonyl (C=O) groups is 3. The van der Waals surface area contributed by atoms with Gasteiger partial charge in [0.1, 0.15) is 11.1 Å². The van der Waals surface area contributed by atoms with Crippen LogP contribution in [0.2, 0.25) is 0 Å². The Hall–Kier alpha value is -3.45. The van der Waals surface area contributed by atoms with Crippen LogP contribution in [0.25, 0.3) is 0 Å². The van der Waals surface area contributed by atoms with Crippen LogP contribution in [0.15, 0.2) is 48.5 Å². The van der Waals surface area contributed by atoms with Crippen molar-refractivity contribution < 1.29 is 23.9 Å². The standard InChI is InChI=1S/C25H23NO5S/c1-4-30-25(29)21-14(2)15(3)32-23(21)26-22(27)17-10-11-19-18(12-17)13-20(31-24(19)28)16-8-6-5-7-9-16/h5-12,20H,4,13H2,1-3H3,(H,26,27)/t20-/m0/s1. The van der Waals surface area contributed by atoms with Crippen LogP contribution in [0.5, 0.6) is 0 Å². The summed E-state index contributed by atoms with van der Waals surface area (Å²) in [5, 5.41) is 3.31. The molecule has 0 fully saturated rings. The van der Waals surface area contributed by atoms with Crippen LogP contribution in [-0.2, 0) is 15.9 Å². The number of cyclic esters (lactones) is 1. The summed E-state index contributed by atoms with van der Waals surface area (Å²) in [6, 6.07) is 14.5. The molecule has 4 rings (SSSR count). The number of carbonyl (C=O) groups excluding carboxylic acids is 3. The molecule has 0 spiro atoms. The van der Waals surface area contributed by atoms with E-state index in [1.165, 1.54) is 11.3 Å². The lowest BCUT2D eigenvalue weighted by Crippen LogP contribution is -2.23. The number of aryl methyl sites for hydroxylation is 1. The van der Waals surface area contributed by atoms with Gasteiger partial charge in [0.15, 0.2) is 0 Å². The summed E-state index contributed by atoms with van der Waals surface area (Å²) < 4.78 is 10.7. The number of nitrogens with one attached hydrogen (secondary N) is 1. The minimum atomic E-state index is -0.455. The molecule has 2 heterocycles. The lowest BCUT2D eigenvalue weighted by atomic mass is 9.93. The average Bonchev–Trinajstić information content (AvgIpc) is 3.07. The van der Waals surface area contributed by atoms with E-state index in [1.54, 1.807) is 25.1 Å². The van der Waals surface area contributed by atoms with Crippen LogP contribution in [0.1, 0.15) is 65.7 Å². The Bertz CT molecular complexity index is 1200. The fourth-order valence-electron chi connectivity index (χ4n) is 3.73. The fourth-order valence-corrected chi connectivity index (χ4v) is 4.77. The lowest BCUT2D eigenvalue weighted by Gasteiger charge is -2.25. The van der Waals surface area contributed by atoms with Crippen molar-refractivity contribution in [2.45, 2.75) is 33.3 Å². The zero-order valence-corrected chi connectivity index (χ0v) is 18.9. The summed E-state index contributed by atoms with van der Waals surface area (Å²) in [6.07, 6.45) is 0.0878. The number of fused-ring (bicyclic) bond motifs is 1. The number of amides is 1. The fraction of sp³-hybridized carbons (Fsp3) is 0.240. The number of hydrogen-bond donors (Lipinski definition) is 1. The van der Waals surface area contributed by atoms with Gasteiger partial charge < -0.3 is 14.8 Å². The molecule has 0 saturated heterocycles. The van der Waals surface area contributed by atoms with Crippen LogP contribution in [0.3, 0.4) is 0 Å². The highest BCUT2D eigenvalue weighted by atomic mass is 32.1. The highest BCUT2D eigenvalue weighted by molar-refractivity contribution is 7.16. The minimum absolute atomic E-state index is 0.254. The van der Waals surface area contributed by atoms with Gasteiger partial charge in [-0.2, -0.15) is 0 Å². The molecule has 32 heavy (non-hydrogen) atoms. The maximum Gasteiger partial charge on any atom is 0.341 e. The van der Waals surface area contributed by atoms with E-state index in [-0.39, 0.29) is 12.5 Å². The maximum absolute atomic E-state index is 13.0. The van der Waals surface area contributed by atoms with Crippen LogP contribution in [-0.4, -0.2) is 24.5 Å². The lowest BCUT2D eigenvalue weighted by molar-refractivity contribution is 0.0252. The molecule has 0 aliphatic carbocycles. The molecular weight excluding hydrogens is 426 g/mol. The molecule has 1 aromatic heterocycles. The van der Waals surface area contributed by atoms with Crippen molar-refractivity contribution >= 4 is 34.2 Å². The first-order valence-corrected chi connectivity index (χ1v) is 11.2. The molecule has 7 heteroatoms. The van der Waals surface area contributed by atoms with Crippen LogP contribution in [0, 0.1) is 13.8 Å². The van der Waals surface area contributed by atoms with Crippen LogP contribution >= 0.6 is 11.3 Å². The van der Waals surface area contributed by atoms with Crippen molar-refractivity contribution in [3.63, 3.8) is 0 Å². The average molecular weight is 450 g/mol. The van der Waals surface area contributed by atoms with E-state index in [4.69, 9.17) is 9.47 Å². The maximum atomic E-state index is 13.0. The van der Waals surface area contributed by atoms with Crippen molar-refractivity contribution in [2.24, 2.45) is 0 Å². The van der Waals surface area contributed by atoms with E-state index in [1.807, 2.05) is 44.2 Å². The third-order valence-electron chi connectivity index (χ3n) is 5.51. The highest BCUT2D eigenvalue weighted by Gasteiger charge is 2.29. The zero-order chi connectivity index (χ0) is 22.8. The molecule has 164 valence electrons. The van der Waals surface area contributed by atoms with Crippen LogP contribution in [0.4, 0.5) is 5.00 Å². The number of esters is 2. The van der Waals surface area contributed by atoms with Gasteiger partial charge in [0, 0.05) is 16.9 Å². The van der Waals surface area contributed by atoms with Crippen molar-refractivity contribution in [1.82, 2.24) is 0 Å². The SMILES string of the molecule is CCOC(=O)c1c(NC(=O)c2ccc3c(c2)C[C@@H](c2ccccc2)OC3=O)sc(C)c1C. The molecule has 0 radical (unpaired) electrons. The van der Waals surface area contributed by atoms with E-state index >= 15 is 0 Å². The minimum Gasteiger partial charge on any atom is -0.462 e. The van der Waals surface area contributed by atoms with Gasteiger partial charge in [-0.1, -0.05) is 30.3 Å². The zero-order valence-electron chi connectivity index (χ0n) is 18.1. The summed E-state index contributed by atoms with van der Waals surface area (Å²) in [7, 11) is 0. The molecule has 1 aliphatic rings. The second-order valence-corrected chi connectivity index (χ2v) is 8.77. The van der Waals surface area contributed by atoms with Gasteiger partial charge in [0.25, 0.3) is 5.91 Å². The number of thiophene rings is 1. The normalized spacial score (nSPS) is 15.0. The van der Waals surface area contributed by atoms with Gasteiger partial charge in [-0.3, -0.25) is 4.79 Å². The molecule has 1 aliphatic heterocycles. The molecule has 1 atom stereocenters. The van der Waals surface area contributed by atoms with Gasteiger partial charge >= 0.3 is 11.9 Å². The van der Waals surface area contributed by atoms with Crippen LogP contribution < -0.4 is 5.32 Å². The second-order valence-electron chi connectivity index (χ2n) is 7.54. The summed E-state index contributed by atoms with van der Waals surface area (Å²) in [5.74, 6) is -1.21. The summed E-state index contributed by atoms with van der Waals surface area (Å²) in [5.41, 5.74) is 3.71. The number of anilines is 1. The van der Waals surface area contributed by atoms with E-state index in [2.05, 4.69) is 5.32 Å². The van der Waals surface area contributed by atoms with E-state index in [0.717, 1.165) is 21.6 Å². The molecular formula is C25H23NO5S. The Labute approximate surface area is 190 Å². The molecule has 0 unspecified atom stereocenters. The first kappa shape index (κ1) is 21.8. The quantitative estimate of drug-likeness (QED) is 0.538. The van der Waals surface area contributed by atoms with Crippen molar-refractivity contribution in [3.8, 4) is 0 Å². The topological polar surface area (TPSA) is 81.7 Å². The predicted molar refractivity (Wildman–Crippen MR) is 122 cm³/mol.